The summed E-state index contributed by atoms with van der Waals surface area (Å²) in [6.45, 7) is 0.640. The lowest BCUT2D eigenvalue weighted by molar-refractivity contribution is 0.0920. The van der Waals surface area contributed by atoms with Crippen LogP contribution in [0, 0.1) is 0 Å². The van der Waals surface area contributed by atoms with E-state index in [-0.39, 0.29) is 5.91 Å². The van der Waals surface area contributed by atoms with E-state index in [0.717, 1.165) is 16.6 Å². The number of rotatable bonds is 0. The molecule has 0 fully saturated rings. The van der Waals surface area contributed by atoms with Crippen LogP contribution in [0.15, 0.2) is 36.5 Å². The zero-order chi connectivity index (χ0) is 11.4. The first-order chi connectivity index (χ1) is 8.34. The van der Waals surface area contributed by atoms with Gasteiger partial charge in [-0.3, -0.25) is 4.79 Å². The summed E-state index contributed by atoms with van der Waals surface area (Å²) in [6.07, 6.45) is 1.63. The third-order valence-corrected chi connectivity index (χ3v) is 3.16. The molecule has 1 aliphatic rings. The van der Waals surface area contributed by atoms with Crippen LogP contribution in [-0.4, -0.2) is 25.5 Å². The van der Waals surface area contributed by atoms with Crippen molar-refractivity contribution in [2.75, 3.05) is 0 Å². The van der Waals surface area contributed by atoms with Gasteiger partial charge in [-0.15, -0.1) is 5.10 Å². The Hall–Kier alpha value is -2.43. The largest absolute Gasteiger partial charge is 0.330 e. The molecule has 82 valence electrons. The topological polar surface area (TPSA) is 52.7 Å². The first-order valence-electron chi connectivity index (χ1n) is 5.37. The van der Waals surface area contributed by atoms with Crippen LogP contribution < -0.4 is 0 Å². The molecule has 0 saturated carbocycles. The molecule has 0 bridgehead atoms. The molecule has 0 saturated heterocycles. The molecule has 3 heterocycles. The summed E-state index contributed by atoms with van der Waals surface area (Å²) in [6, 6.07) is 9.88. The Morgan fingerprint density at radius 2 is 2.12 bits per heavy atom. The minimum Gasteiger partial charge on any atom is -0.330 e. The van der Waals surface area contributed by atoms with Gasteiger partial charge in [0.15, 0.2) is 0 Å². The third-order valence-electron chi connectivity index (χ3n) is 3.16. The second kappa shape index (κ2) is 2.82. The van der Waals surface area contributed by atoms with Crippen molar-refractivity contribution in [3.63, 3.8) is 0 Å². The lowest BCUT2D eigenvalue weighted by Gasteiger charge is -2.15. The van der Waals surface area contributed by atoms with Crippen molar-refractivity contribution in [3.05, 3.63) is 47.9 Å². The van der Waals surface area contributed by atoms with E-state index in [1.54, 1.807) is 6.20 Å². The van der Waals surface area contributed by atoms with Crippen LogP contribution in [0.5, 0.6) is 0 Å². The summed E-state index contributed by atoms with van der Waals surface area (Å²) in [5, 5.41) is 8.66. The molecule has 3 aromatic rings. The molecule has 5 nitrogen and oxygen atoms in total. The number of carbonyl (C=O) groups excluding carboxylic acids is 1. The Kier molecular flexibility index (Phi) is 1.44. The number of fused-ring (bicyclic) bond motifs is 4. The molecule has 4 rings (SSSR count). The first-order valence-corrected chi connectivity index (χ1v) is 5.37. The number of hydrogen-bond donors (Lipinski definition) is 0. The predicted octanol–water partition coefficient (Wildman–Crippen LogP) is 1.28. The molecule has 0 aliphatic carbocycles. The second-order valence-corrected chi connectivity index (χ2v) is 4.12. The average Bonchev–Trinajstić information content (AvgIpc) is 2.94. The van der Waals surface area contributed by atoms with E-state index in [1.165, 1.54) is 4.68 Å². The van der Waals surface area contributed by atoms with Gasteiger partial charge in [-0.05, 0) is 12.1 Å². The SMILES string of the molecule is O=C1c2cc3ccccc3n2Cc2cnnn21. The highest BCUT2D eigenvalue weighted by atomic mass is 16.2. The maximum Gasteiger partial charge on any atom is 0.296 e. The molecular weight excluding hydrogens is 216 g/mol. The van der Waals surface area contributed by atoms with Crippen molar-refractivity contribution >= 4 is 16.8 Å². The zero-order valence-electron chi connectivity index (χ0n) is 8.87. The molecule has 0 N–H and O–H groups in total. The molecule has 1 aliphatic heterocycles. The van der Waals surface area contributed by atoms with E-state index in [2.05, 4.69) is 10.3 Å². The zero-order valence-corrected chi connectivity index (χ0v) is 8.87. The molecule has 0 atom stereocenters. The maximum atomic E-state index is 12.2. The van der Waals surface area contributed by atoms with Crippen molar-refractivity contribution in [2.45, 2.75) is 6.54 Å². The van der Waals surface area contributed by atoms with Gasteiger partial charge < -0.3 is 4.57 Å². The normalized spacial score (nSPS) is 13.8. The number of carbonyl (C=O) groups is 1. The molecule has 5 heteroatoms. The fraction of sp³-hybridized carbons (Fsp3) is 0.0833. The van der Waals surface area contributed by atoms with Crippen molar-refractivity contribution in [3.8, 4) is 0 Å². The summed E-state index contributed by atoms with van der Waals surface area (Å²) in [7, 11) is 0. The van der Waals surface area contributed by atoms with Crippen molar-refractivity contribution in [2.24, 2.45) is 0 Å². The van der Waals surface area contributed by atoms with Gasteiger partial charge in [-0.1, -0.05) is 23.4 Å². The van der Waals surface area contributed by atoms with Gasteiger partial charge in [-0.25, -0.2) is 0 Å². The van der Waals surface area contributed by atoms with E-state index in [9.17, 15) is 4.79 Å². The van der Waals surface area contributed by atoms with Crippen LogP contribution in [-0.2, 0) is 6.54 Å². The Morgan fingerprint density at radius 1 is 1.24 bits per heavy atom. The highest BCUT2D eigenvalue weighted by Gasteiger charge is 2.25. The van der Waals surface area contributed by atoms with E-state index in [0.29, 0.717) is 12.2 Å². The Bertz CT molecular complexity index is 753. The van der Waals surface area contributed by atoms with Crippen LogP contribution in [0.2, 0.25) is 0 Å². The van der Waals surface area contributed by atoms with E-state index < -0.39 is 0 Å². The second-order valence-electron chi connectivity index (χ2n) is 4.12. The summed E-state index contributed by atoms with van der Waals surface area (Å²) < 4.78 is 3.38. The van der Waals surface area contributed by atoms with Gasteiger partial charge in [0.1, 0.15) is 5.69 Å². The fourth-order valence-electron chi connectivity index (χ4n) is 2.36. The summed E-state index contributed by atoms with van der Waals surface area (Å²) in [5.74, 6) is -0.111. The first kappa shape index (κ1) is 8.69. The molecule has 1 aromatic carbocycles. The molecule has 17 heavy (non-hydrogen) atoms. The molecule has 2 aromatic heterocycles. The molecule has 0 unspecified atom stereocenters. The van der Waals surface area contributed by atoms with Crippen molar-refractivity contribution < 1.29 is 4.79 Å². The predicted molar refractivity (Wildman–Crippen MR) is 60.8 cm³/mol. The molecule has 0 radical (unpaired) electrons. The molecular formula is C12H8N4O. The van der Waals surface area contributed by atoms with Crippen LogP contribution in [0.3, 0.4) is 0 Å². The monoisotopic (exact) mass is 224 g/mol. The minimum absolute atomic E-state index is 0.111. The Balaban J connectivity index is 2.08. The van der Waals surface area contributed by atoms with Crippen LogP contribution in [0.25, 0.3) is 10.9 Å². The van der Waals surface area contributed by atoms with Gasteiger partial charge >= 0.3 is 0 Å². The number of benzene rings is 1. The highest BCUT2D eigenvalue weighted by Crippen LogP contribution is 2.24. The average molecular weight is 224 g/mol. The van der Waals surface area contributed by atoms with Gasteiger partial charge in [-0.2, -0.15) is 4.68 Å². The smallest absolute Gasteiger partial charge is 0.296 e. The van der Waals surface area contributed by atoms with E-state index >= 15 is 0 Å². The highest BCUT2D eigenvalue weighted by molar-refractivity contribution is 6.00. The Morgan fingerprint density at radius 3 is 3.06 bits per heavy atom. The quantitative estimate of drug-likeness (QED) is 0.452. The number of hydrogen-bond acceptors (Lipinski definition) is 3. The lowest BCUT2D eigenvalue weighted by Crippen LogP contribution is -2.26. The maximum absolute atomic E-state index is 12.2. The number of nitrogens with zero attached hydrogens (tertiary/aromatic N) is 4. The van der Waals surface area contributed by atoms with Gasteiger partial charge in [0, 0.05) is 10.9 Å². The Labute approximate surface area is 96.3 Å². The molecule has 0 amide bonds. The third kappa shape index (κ3) is 1.00. The van der Waals surface area contributed by atoms with Gasteiger partial charge in [0.05, 0.1) is 18.4 Å². The molecule has 0 spiro atoms. The van der Waals surface area contributed by atoms with Gasteiger partial charge in [0.25, 0.3) is 5.91 Å². The van der Waals surface area contributed by atoms with Crippen molar-refractivity contribution in [1.82, 2.24) is 19.6 Å². The van der Waals surface area contributed by atoms with Crippen LogP contribution in [0.1, 0.15) is 16.2 Å². The van der Waals surface area contributed by atoms with Crippen LogP contribution in [0.4, 0.5) is 0 Å². The number of aromatic nitrogens is 4. The standard InChI is InChI=1S/C12H8N4O/c17-12-11-5-8-3-1-2-4-10(8)15(11)7-9-6-13-14-16(9)12/h1-6H,7H2. The van der Waals surface area contributed by atoms with Gasteiger partial charge in [0.2, 0.25) is 0 Å². The van der Waals surface area contributed by atoms with Crippen LogP contribution >= 0.6 is 0 Å². The minimum atomic E-state index is -0.111. The van der Waals surface area contributed by atoms with E-state index in [1.807, 2.05) is 34.9 Å². The fourth-order valence-corrected chi connectivity index (χ4v) is 2.36. The summed E-state index contributed by atoms with van der Waals surface area (Å²) in [4.78, 5) is 12.2. The number of para-hydroxylation sites is 1. The van der Waals surface area contributed by atoms with E-state index in [4.69, 9.17) is 0 Å². The summed E-state index contributed by atoms with van der Waals surface area (Å²) >= 11 is 0. The summed E-state index contributed by atoms with van der Waals surface area (Å²) in [5.41, 5.74) is 2.57. The van der Waals surface area contributed by atoms with Crippen molar-refractivity contribution in [1.29, 1.82) is 0 Å². The lowest BCUT2D eigenvalue weighted by atomic mass is 10.2.